The number of allylic oxidation sites excluding steroid dienone is 2. The average molecular weight is 254 g/mol. The smallest absolute Gasteiger partial charge is 0.190 e. The van der Waals surface area contributed by atoms with Crippen LogP contribution in [-0.4, -0.2) is 14.9 Å². The maximum Gasteiger partial charge on any atom is 0.190 e. The van der Waals surface area contributed by atoms with E-state index in [0.29, 0.717) is 0 Å². The molecule has 2 heteroatoms. The quantitative estimate of drug-likeness (QED) is 0.258. The van der Waals surface area contributed by atoms with Gasteiger partial charge in [-0.05, 0) is 45.0 Å². The van der Waals surface area contributed by atoms with Crippen molar-refractivity contribution < 1.29 is 4.43 Å². The van der Waals surface area contributed by atoms with Crippen molar-refractivity contribution in [3.8, 4) is 0 Å². The van der Waals surface area contributed by atoms with Crippen LogP contribution in [0.1, 0.15) is 40.0 Å². The zero-order valence-corrected chi connectivity index (χ0v) is 13.4. The van der Waals surface area contributed by atoms with Gasteiger partial charge in [0.05, 0.1) is 0 Å². The zero-order valence-electron chi connectivity index (χ0n) is 12.4. The van der Waals surface area contributed by atoms with E-state index in [1.165, 1.54) is 19.3 Å². The SMILES string of the molecule is C=C=C(C)C.C=CC[Si](C)(C)OCCCCC. The third-order valence-electron chi connectivity index (χ3n) is 2.23. The Hall–Kier alpha value is -0.563. The lowest BCUT2D eigenvalue weighted by atomic mass is 10.3. The Kier molecular flexibility index (Phi) is 13.2. The third-order valence-corrected chi connectivity index (χ3v) is 4.49. The first-order valence-corrected chi connectivity index (χ1v) is 9.59. The minimum Gasteiger partial charge on any atom is -0.417 e. The molecule has 17 heavy (non-hydrogen) atoms. The molecular weight excluding hydrogens is 224 g/mol. The minimum absolute atomic E-state index is 0.945. The van der Waals surface area contributed by atoms with Gasteiger partial charge in [0, 0.05) is 6.61 Å². The molecule has 0 saturated heterocycles. The van der Waals surface area contributed by atoms with Crippen LogP contribution < -0.4 is 0 Å². The second kappa shape index (κ2) is 11.9. The molecule has 0 spiro atoms. The van der Waals surface area contributed by atoms with Gasteiger partial charge in [0.15, 0.2) is 8.32 Å². The summed E-state index contributed by atoms with van der Waals surface area (Å²) < 4.78 is 5.84. The highest BCUT2D eigenvalue weighted by molar-refractivity contribution is 6.71. The first kappa shape index (κ1) is 18.8. The number of hydrogen-bond donors (Lipinski definition) is 0. The summed E-state index contributed by atoms with van der Waals surface area (Å²) in [5.41, 5.74) is 3.84. The maximum atomic E-state index is 5.84. The molecule has 0 aromatic rings. The lowest BCUT2D eigenvalue weighted by Crippen LogP contribution is -2.29. The molecule has 0 aromatic carbocycles. The molecule has 0 aromatic heterocycles. The Bertz CT molecular complexity index is 233. The molecule has 0 saturated carbocycles. The molecule has 0 radical (unpaired) electrons. The molecule has 0 aliphatic rings. The Morgan fingerprint density at radius 1 is 1.29 bits per heavy atom. The van der Waals surface area contributed by atoms with Crippen LogP contribution in [-0.2, 0) is 4.43 Å². The van der Waals surface area contributed by atoms with Crippen LogP contribution >= 0.6 is 0 Å². The maximum absolute atomic E-state index is 5.84. The van der Waals surface area contributed by atoms with Gasteiger partial charge in [0.1, 0.15) is 0 Å². The molecule has 0 N–H and O–H groups in total. The molecule has 0 rings (SSSR count). The van der Waals surface area contributed by atoms with Crippen LogP contribution in [0.5, 0.6) is 0 Å². The lowest BCUT2D eigenvalue weighted by Gasteiger charge is -2.20. The zero-order chi connectivity index (χ0) is 13.7. The Labute approximate surface area is 109 Å². The second-order valence-electron chi connectivity index (χ2n) is 4.98. The fourth-order valence-electron chi connectivity index (χ4n) is 1.11. The van der Waals surface area contributed by atoms with Crippen LogP contribution in [0.25, 0.3) is 0 Å². The van der Waals surface area contributed by atoms with Crippen LogP contribution in [0.4, 0.5) is 0 Å². The van der Waals surface area contributed by atoms with Crippen molar-refractivity contribution in [3.05, 3.63) is 30.5 Å². The first-order chi connectivity index (χ1) is 7.89. The van der Waals surface area contributed by atoms with Crippen molar-refractivity contribution in [1.29, 1.82) is 0 Å². The van der Waals surface area contributed by atoms with E-state index in [-0.39, 0.29) is 0 Å². The number of unbranched alkanes of at least 4 members (excludes halogenated alkanes) is 2. The van der Waals surface area contributed by atoms with Gasteiger partial charge in [-0.2, -0.15) is 0 Å². The van der Waals surface area contributed by atoms with Gasteiger partial charge in [0.25, 0.3) is 0 Å². The predicted molar refractivity (Wildman–Crippen MR) is 82.0 cm³/mol. The third kappa shape index (κ3) is 18.0. The molecule has 0 aliphatic carbocycles. The van der Waals surface area contributed by atoms with E-state index in [9.17, 15) is 0 Å². The van der Waals surface area contributed by atoms with E-state index < -0.39 is 8.32 Å². The van der Waals surface area contributed by atoms with Gasteiger partial charge in [-0.25, -0.2) is 0 Å². The lowest BCUT2D eigenvalue weighted by molar-refractivity contribution is 0.298. The standard InChI is InChI=1S/C10H22OSi.C5H8/c1-5-7-8-9-11-12(3,4)10-6-2;1-4-5(2)3/h6H,2,5,7-10H2,1,3-4H3;1H2,2-3H3. The minimum atomic E-state index is -1.37. The van der Waals surface area contributed by atoms with Crippen LogP contribution in [0.3, 0.4) is 0 Å². The first-order valence-electron chi connectivity index (χ1n) is 6.47. The van der Waals surface area contributed by atoms with Crippen molar-refractivity contribution in [1.82, 2.24) is 0 Å². The van der Waals surface area contributed by atoms with E-state index >= 15 is 0 Å². The van der Waals surface area contributed by atoms with Gasteiger partial charge >= 0.3 is 0 Å². The fraction of sp³-hybridized carbons (Fsp3) is 0.667. The van der Waals surface area contributed by atoms with Crippen molar-refractivity contribution in [2.75, 3.05) is 6.61 Å². The van der Waals surface area contributed by atoms with Gasteiger partial charge in [-0.1, -0.05) is 32.4 Å². The van der Waals surface area contributed by atoms with Crippen LogP contribution in [0, 0.1) is 0 Å². The molecule has 0 unspecified atom stereocenters. The summed E-state index contributed by atoms with van der Waals surface area (Å²) in [5.74, 6) is 0. The highest BCUT2D eigenvalue weighted by Crippen LogP contribution is 2.12. The fourth-order valence-corrected chi connectivity index (χ4v) is 2.62. The molecule has 0 bridgehead atoms. The van der Waals surface area contributed by atoms with Gasteiger partial charge < -0.3 is 4.43 Å². The van der Waals surface area contributed by atoms with Crippen molar-refractivity contribution in [2.24, 2.45) is 0 Å². The molecular formula is C15H30OSi. The number of hydrogen-bond acceptors (Lipinski definition) is 1. The van der Waals surface area contributed by atoms with E-state index in [1.54, 1.807) is 0 Å². The van der Waals surface area contributed by atoms with Crippen molar-refractivity contribution in [2.45, 2.75) is 59.2 Å². The summed E-state index contributed by atoms with van der Waals surface area (Å²) in [5, 5.41) is 0. The topological polar surface area (TPSA) is 9.23 Å². The molecule has 0 fully saturated rings. The van der Waals surface area contributed by atoms with Crippen molar-refractivity contribution >= 4 is 8.32 Å². The summed E-state index contributed by atoms with van der Waals surface area (Å²) in [4.78, 5) is 0. The van der Waals surface area contributed by atoms with Crippen LogP contribution in [0.15, 0.2) is 30.5 Å². The molecule has 100 valence electrons. The molecule has 0 atom stereocenters. The summed E-state index contributed by atoms with van der Waals surface area (Å²) in [6.07, 6.45) is 5.75. The highest BCUT2D eigenvalue weighted by atomic mass is 28.4. The molecule has 0 amide bonds. The predicted octanol–water partition coefficient (Wildman–Crippen LogP) is 5.32. The summed E-state index contributed by atoms with van der Waals surface area (Å²) in [6, 6.07) is 1.07. The molecule has 1 nitrogen and oxygen atoms in total. The van der Waals surface area contributed by atoms with E-state index in [4.69, 9.17) is 4.43 Å². The normalized spacial score (nSPS) is 9.94. The Morgan fingerprint density at radius 2 is 1.82 bits per heavy atom. The molecule has 0 aliphatic heterocycles. The Balaban J connectivity index is 0. The largest absolute Gasteiger partial charge is 0.417 e. The van der Waals surface area contributed by atoms with Gasteiger partial charge in [-0.3, -0.25) is 0 Å². The molecule has 0 heterocycles. The second-order valence-corrected chi connectivity index (χ2v) is 9.20. The van der Waals surface area contributed by atoms with Crippen molar-refractivity contribution in [3.63, 3.8) is 0 Å². The van der Waals surface area contributed by atoms with Gasteiger partial charge in [0.2, 0.25) is 0 Å². The van der Waals surface area contributed by atoms with E-state index in [2.05, 4.69) is 38.9 Å². The van der Waals surface area contributed by atoms with E-state index in [0.717, 1.165) is 18.2 Å². The average Bonchev–Trinajstić information content (AvgIpc) is 2.25. The monoisotopic (exact) mass is 254 g/mol. The summed E-state index contributed by atoms with van der Waals surface area (Å²) >= 11 is 0. The number of rotatable bonds is 7. The van der Waals surface area contributed by atoms with Gasteiger partial charge in [-0.15, -0.1) is 12.3 Å². The Morgan fingerprint density at radius 3 is 2.18 bits per heavy atom. The summed E-state index contributed by atoms with van der Waals surface area (Å²) in [7, 11) is -1.37. The van der Waals surface area contributed by atoms with Crippen LogP contribution in [0.2, 0.25) is 19.1 Å². The highest BCUT2D eigenvalue weighted by Gasteiger charge is 2.19. The summed E-state index contributed by atoms with van der Waals surface area (Å²) in [6.45, 7) is 18.7. The van der Waals surface area contributed by atoms with E-state index in [1.807, 2.05) is 19.9 Å².